The Labute approximate surface area is 85.4 Å². The molecule has 1 atom stereocenters. The lowest BCUT2D eigenvalue weighted by atomic mass is 9.98. The second kappa shape index (κ2) is 4.75. The highest BCUT2D eigenvalue weighted by Crippen LogP contribution is 2.12. The van der Waals surface area contributed by atoms with Crippen molar-refractivity contribution in [1.29, 1.82) is 0 Å². The van der Waals surface area contributed by atoms with Gasteiger partial charge in [-0.05, 0) is 40.5 Å². The highest BCUT2D eigenvalue weighted by atomic mass is 16.5. The van der Waals surface area contributed by atoms with Gasteiger partial charge in [0.05, 0.1) is 5.60 Å². The van der Waals surface area contributed by atoms with E-state index in [4.69, 9.17) is 15.6 Å². The number of hydrogen-bond donors (Lipinski definition) is 2. The Hall–Kier alpha value is -0.610. The Kier molecular flexibility index (Phi) is 4.55. The maximum absolute atomic E-state index is 10.6. The third-order valence-corrected chi connectivity index (χ3v) is 1.86. The molecule has 0 aliphatic rings. The molecular formula is C10H21NO3. The molecule has 0 aliphatic carbocycles. The van der Waals surface area contributed by atoms with Gasteiger partial charge in [0.15, 0.2) is 0 Å². The molecule has 0 aromatic carbocycles. The molecular weight excluding hydrogens is 182 g/mol. The predicted octanol–water partition coefficient (Wildman–Crippen LogP) is 1.38. The van der Waals surface area contributed by atoms with Crippen LogP contribution in [0, 0.1) is 0 Å². The quantitative estimate of drug-likeness (QED) is 0.662. The zero-order valence-electron chi connectivity index (χ0n) is 9.46. The van der Waals surface area contributed by atoms with Crippen molar-refractivity contribution in [3.05, 3.63) is 0 Å². The van der Waals surface area contributed by atoms with Gasteiger partial charge in [0.25, 0.3) is 0 Å². The second-order valence-electron chi connectivity index (χ2n) is 4.79. The van der Waals surface area contributed by atoms with Crippen molar-refractivity contribution < 1.29 is 14.6 Å². The van der Waals surface area contributed by atoms with E-state index in [2.05, 4.69) is 0 Å². The molecule has 0 aliphatic heterocycles. The van der Waals surface area contributed by atoms with Crippen LogP contribution >= 0.6 is 0 Å². The topological polar surface area (TPSA) is 72.5 Å². The number of ether oxygens (including phenoxy) is 1. The largest absolute Gasteiger partial charge is 0.480 e. The molecule has 0 spiro atoms. The van der Waals surface area contributed by atoms with E-state index in [9.17, 15) is 4.79 Å². The van der Waals surface area contributed by atoms with Gasteiger partial charge in [-0.25, -0.2) is 0 Å². The van der Waals surface area contributed by atoms with E-state index in [1.165, 1.54) is 6.92 Å². The van der Waals surface area contributed by atoms with Crippen LogP contribution in [0.2, 0.25) is 0 Å². The summed E-state index contributed by atoms with van der Waals surface area (Å²) in [6.45, 7) is 7.96. The van der Waals surface area contributed by atoms with Gasteiger partial charge in [0, 0.05) is 6.61 Å². The molecule has 1 unspecified atom stereocenters. The maximum Gasteiger partial charge on any atom is 0.323 e. The molecule has 0 rings (SSSR count). The molecule has 0 amide bonds. The van der Waals surface area contributed by atoms with E-state index >= 15 is 0 Å². The Morgan fingerprint density at radius 3 is 2.21 bits per heavy atom. The van der Waals surface area contributed by atoms with Gasteiger partial charge in [0.2, 0.25) is 0 Å². The smallest absolute Gasteiger partial charge is 0.323 e. The summed E-state index contributed by atoms with van der Waals surface area (Å²) in [5.41, 5.74) is 4.24. The number of aliphatic carboxylic acids is 1. The molecule has 0 saturated heterocycles. The molecule has 4 heteroatoms. The van der Waals surface area contributed by atoms with Gasteiger partial charge in [-0.1, -0.05) is 0 Å². The van der Waals surface area contributed by atoms with Crippen LogP contribution in [0.4, 0.5) is 0 Å². The number of hydrogen-bond acceptors (Lipinski definition) is 3. The van der Waals surface area contributed by atoms with Gasteiger partial charge >= 0.3 is 5.97 Å². The Bertz CT molecular complexity index is 194. The standard InChI is InChI=1S/C10H21NO3/c1-9(2,3)14-7-5-6-10(4,11)8(12)13/h5-7,11H2,1-4H3,(H,12,13). The summed E-state index contributed by atoms with van der Waals surface area (Å²) in [5, 5.41) is 8.73. The molecule has 0 radical (unpaired) electrons. The van der Waals surface area contributed by atoms with Crippen molar-refractivity contribution in [2.45, 2.75) is 51.7 Å². The normalized spacial score (nSPS) is 16.4. The van der Waals surface area contributed by atoms with Crippen LogP contribution < -0.4 is 5.73 Å². The summed E-state index contributed by atoms with van der Waals surface area (Å²) in [6.07, 6.45) is 1.09. The van der Waals surface area contributed by atoms with E-state index < -0.39 is 11.5 Å². The number of carboxylic acid groups (broad SMARTS) is 1. The first-order valence-electron chi connectivity index (χ1n) is 4.81. The number of rotatable bonds is 5. The Morgan fingerprint density at radius 2 is 1.86 bits per heavy atom. The third-order valence-electron chi connectivity index (χ3n) is 1.86. The minimum atomic E-state index is -1.14. The monoisotopic (exact) mass is 203 g/mol. The number of carboxylic acids is 1. The van der Waals surface area contributed by atoms with Crippen molar-refractivity contribution in [2.75, 3.05) is 6.61 Å². The zero-order valence-corrected chi connectivity index (χ0v) is 9.46. The van der Waals surface area contributed by atoms with Gasteiger partial charge in [-0.15, -0.1) is 0 Å². The van der Waals surface area contributed by atoms with Crippen LogP contribution in [-0.4, -0.2) is 28.8 Å². The van der Waals surface area contributed by atoms with E-state index in [1.807, 2.05) is 20.8 Å². The highest BCUT2D eigenvalue weighted by molar-refractivity contribution is 5.77. The van der Waals surface area contributed by atoms with Gasteiger partial charge in [0.1, 0.15) is 5.54 Å². The molecule has 0 aromatic rings. The van der Waals surface area contributed by atoms with Crippen molar-refractivity contribution in [3.8, 4) is 0 Å². The lowest BCUT2D eigenvalue weighted by Gasteiger charge is -2.22. The summed E-state index contributed by atoms with van der Waals surface area (Å²) in [6, 6.07) is 0. The van der Waals surface area contributed by atoms with Crippen LogP contribution in [0.5, 0.6) is 0 Å². The van der Waals surface area contributed by atoms with E-state index in [0.717, 1.165) is 0 Å². The molecule has 3 N–H and O–H groups in total. The zero-order chi connectivity index (χ0) is 11.4. The van der Waals surface area contributed by atoms with Crippen LogP contribution in [0.3, 0.4) is 0 Å². The van der Waals surface area contributed by atoms with E-state index in [1.54, 1.807) is 0 Å². The van der Waals surface area contributed by atoms with E-state index in [-0.39, 0.29) is 5.60 Å². The first-order valence-corrected chi connectivity index (χ1v) is 4.81. The van der Waals surface area contributed by atoms with E-state index in [0.29, 0.717) is 19.4 Å². The minimum absolute atomic E-state index is 0.172. The third kappa shape index (κ3) is 5.94. The molecule has 0 heterocycles. The molecule has 14 heavy (non-hydrogen) atoms. The van der Waals surface area contributed by atoms with Crippen LogP contribution in [-0.2, 0) is 9.53 Å². The van der Waals surface area contributed by atoms with Crippen LogP contribution in [0.25, 0.3) is 0 Å². The Morgan fingerprint density at radius 1 is 1.36 bits per heavy atom. The SMILES string of the molecule is CC(C)(C)OCCCC(C)(N)C(=O)O. The molecule has 4 nitrogen and oxygen atoms in total. The summed E-state index contributed by atoms with van der Waals surface area (Å²) in [7, 11) is 0. The lowest BCUT2D eigenvalue weighted by molar-refractivity contribution is -0.143. The molecule has 0 saturated carbocycles. The van der Waals surface area contributed by atoms with Crippen molar-refractivity contribution in [2.24, 2.45) is 5.73 Å². The fraction of sp³-hybridized carbons (Fsp3) is 0.900. The van der Waals surface area contributed by atoms with Gasteiger partial charge in [-0.2, -0.15) is 0 Å². The lowest BCUT2D eigenvalue weighted by Crippen LogP contribution is -2.44. The average molecular weight is 203 g/mol. The summed E-state index contributed by atoms with van der Waals surface area (Å²) in [5.74, 6) is -0.965. The minimum Gasteiger partial charge on any atom is -0.480 e. The summed E-state index contributed by atoms with van der Waals surface area (Å²) in [4.78, 5) is 10.6. The van der Waals surface area contributed by atoms with Crippen molar-refractivity contribution in [1.82, 2.24) is 0 Å². The van der Waals surface area contributed by atoms with Crippen LogP contribution in [0.15, 0.2) is 0 Å². The second-order valence-corrected chi connectivity index (χ2v) is 4.79. The molecule has 84 valence electrons. The van der Waals surface area contributed by atoms with Gasteiger partial charge in [-0.3, -0.25) is 4.79 Å². The fourth-order valence-electron chi connectivity index (χ4n) is 0.925. The average Bonchev–Trinajstić information content (AvgIpc) is 1.96. The van der Waals surface area contributed by atoms with Crippen molar-refractivity contribution in [3.63, 3.8) is 0 Å². The first kappa shape index (κ1) is 13.4. The fourth-order valence-corrected chi connectivity index (χ4v) is 0.925. The Balaban J connectivity index is 3.70. The highest BCUT2D eigenvalue weighted by Gasteiger charge is 2.27. The number of carbonyl (C=O) groups is 1. The summed E-state index contributed by atoms with van der Waals surface area (Å²) >= 11 is 0. The first-order chi connectivity index (χ1) is 6.15. The van der Waals surface area contributed by atoms with Crippen LogP contribution in [0.1, 0.15) is 40.5 Å². The van der Waals surface area contributed by atoms with Crippen molar-refractivity contribution >= 4 is 5.97 Å². The van der Waals surface area contributed by atoms with Gasteiger partial charge < -0.3 is 15.6 Å². The maximum atomic E-state index is 10.6. The number of nitrogens with two attached hydrogens (primary N) is 1. The molecule has 0 fully saturated rings. The molecule has 0 aromatic heterocycles. The predicted molar refractivity (Wildman–Crippen MR) is 55.2 cm³/mol. The summed E-state index contributed by atoms with van der Waals surface area (Å²) < 4.78 is 5.46. The molecule has 0 bridgehead atoms.